The second-order valence-electron chi connectivity index (χ2n) is 3.95. The third-order valence-corrected chi connectivity index (χ3v) is 5.21. The second-order valence-corrected chi connectivity index (χ2v) is 6.56. The van der Waals surface area contributed by atoms with Crippen LogP contribution in [0, 0.1) is 13.8 Å². The molecule has 0 saturated heterocycles. The first kappa shape index (κ1) is 12.1. The van der Waals surface area contributed by atoms with Gasteiger partial charge in [0.05, 0.1) is 16.3 Å². The van der Waals surface area contributed by atoms with E-state index in [1.807, 2.05) is 24.6 Å². The Morgan fingerprint density at radius 1 is 1.28 bits per heavy atom. The van der Waals surface area contributed by atoms with Crippen LogP contribution in [-0.4, -0.2) is 14.8 Å². The number of thiophene rings is 1. The van der Waals surface area contributed by atoms with E-state index >= 15 is 0 Å². The molecule has 3 nitrogen and oxygen atoms in total. The molecule has 92 valence electrons. The van der Waals surface area contributed by atoms with Crippen LogP contribution in [0.4, 0.5) is 0 Å². The summed E-state index contributed by atoms with van der Waals surface area (Å²) in [4.78, 5) is 5.82. The third kappa shape index (κ3) is 2.04. The van der Waals surface area contributed by atoms with Gasteiger partial charge in [0, 0.05) is 15.5 Å². The Hall–Kier alpha value is -0.980. The highest BCUT2D eigenvalue weighted by atomic mass is 79.9. The summed E-state index contributed by atoms with van der Waals surface area (Å²) in [5.74, 6) is 0. The number of aromatic nitrogens is 3. The Morgan fingerprint density at radius 3 is 2.72 bits per heavy atom. The van der Waals surface area contributed by atoms with E-state index in [0.717, 1.165) is 26.7 Å². The van der Waals surface area contributed by atoms with E-state index in [9.17, 15) is 0 Å². The molecular weight excluding hydrogens is 330 g/mol. The summed E-state index contributed by atoms with van der Waals surface area (Å²) in [7, 11) is 0. The first-order valence-electron chi connectivity index (χ1n) is 5.37. The molecule has 0 atom stereocenters. The van der Waals surface area contributed by atoms with Crippen LogP contribution in [0.1, 0.15) is 11.4 Å². The smallest absolute Gasteiger partial charge is 0.211 e. The molecule has 0 aliphatic carbocycles. The molecule has 0 aliphatic rings. The van der Waals surface area contributed by atoms with Crippen molar-refractivity contribution in [1.82, 2.24) is 14.8 Å². The van der Waals surface area contributed by atoms with Crippen LogP contribution in [0.5, 0.6) is 0 Å². The van der Waals surface area contributed by atoms with Gasteiger partial charge in [-0.3, -0.25) is 0 Å². The molecule has 3 rings (SSSR count). The molecule has 6 heteroatoms. The maximum Gasteiger partial charge on any atom is 0.211 e. The monoisotopic (exact) mass is 339 g/mol. The number of halogens is 1. The van der Waals surface area contributed by atoms with Crippen molar-refractivity contribution in [2.45, 2.75) is 13.8 Å². The Morgan fingerprint density at radius 2 is 2.11 bits per heavy atom. The molecule has 0 spiro atoms. The average molecular weight is 340 g/mol. The SMILES string of the molecule is Cc1cc(C)n(-c2nc(-c3sccc3Br)cs2)n1. The molecule has 0 unspecified atom stereocenters. The van der Waals surface area contributed by atoms with Crippen molar-refractivity contribution in [2.75, 3.05) is 0 Å². The molecule has 0 N–H and O–H groups in total. The lowest BCUT2D eigenvalue weighted by molar-refractivity contribution is 0.826. The van der Waals surface area contributed by atoms with Crippen LogP contribution in [0.3, 0.4) is 0 Å². The molecule has 0 radical (unpaired) electrons. The van der Waals surface area contributed by atoms with E-state index in [-0.39, 0.29) is 0 Å². The van der Waals surface area contributed by atoms with Crippen molar-refractivity contribution in [3.8, 4) is 15.7 Å². The van der Waals surface area contributed by atoms with Crippen molar-refractivity contribution in [3.05, 3.63) is 38.8 Å². The Kier molecular flexibility index (Phi) is 3.09. The van der Waals surface area contributed by atoms with E-state index in [1.54, 1.807) is 22.7 Å². The summed E-state index contributed by atoms with van der Waals surface area (Å²) >= 11 is 6.84. The van der Waals surface area contributed by atoms with E-state index in [4.69, 9.17) is 0 Å². The minimum Gasteiger partial charge on any atom is -0.217 e. The lowest BCUT2D eigenvalue weighted by Crippen LogP contribution is -1.97. The fourth-order valence-electron chi connectivity index (χ4n) is 1.76. The van der Waals surface area contributed by atoms with E-state index in [1.165, 1.54) is 4.88 Å². The minimum atomic E-state index is 0.913. The molecule has 0 fully saturated rings. The van der Waals surface area contributed by atoms with Crippen LogP contribution in [0.15, 0.2) is 27.4 Å². The first-order valence-corrected chi connectivity index (χ1v) is 7.93. The minimum absolute atomic E-state index is 0.913. The van der Waals surface area contributed by atoms with Gasteiger partial charge in [-0.05, 0) is 47.3 Å². The van der Waals surface area contributed by atoms with Gasteiger partial charge in [0.2, 0.25) is 5.13 Å². The van der Waals surface area contributed by atoms with Gasteiger partial charge < -0.3 is 0 Å². The third-order valence-electron chi connectivity index (χ3n) is 2.53. The van der Waals surface area contributed by atoms with Crippen molar-refractivity contribution in [2.24, 2.45) is 0 Å². The van der Waals surface area contributed by atoms with Gasteiger partial charge in [0.1, 0.15) is 0 Å². The maximum atomic E-state index is 4.66. The molecule has 3 aromatic heterocycles. The highest BCUT2D eigenvalue weighted by molar-refractivity contribution is 9.10. The largest absolute Gasteiger partial charge is 0.217 e. The van der Waals surface area contributed by atoms with Gasteiger partial charge in [0.25, 0.3) is 0 Å². The van der Waals surface area contributed by atoms with Crippen LogP contribution < -0.4 is 0 Å². The molecule has 0 aliphatic heterocycles. The molecule has 0 aromatic carbocycles. The number of hydrogen-bond donors (Lipinski definition) is 0. The standard InChI is InChI=1S/C12H10BrN3S2/c1-7-5-8(2)16(15-7)12-14-10(6-18-12)11-9(13)3-4-17-11/h3-6H,1-2H3. The number of nitrogens with zero attached hydrogens (tertiary/aromatic N) is 3. The topological polar surface area (TPSA) is 30.7 Å². The van der Waals surface area contributed by atoms with E-state index in [2.05, 4.69) is 42.8 Å². The van der Waals surface area contributed by atoms with Gasteiger partial charge in [-0.2, -0.15) is 5.10 Å². The number of thiazole rings is 1. The molecule has 18 heavy (non-hydrogen) atoms. The number of hydrogen-bond acceptors (Lipinski definition) is 4. The highest BCUT2D eigenvalue weighted by Crippen LogP contribution is 2.34. The van der Waals surface area contributed by atoms with Gasteiger partial charge in [-0.1, -0.05) is 0 Å². The van der Waals surface area contributed by atoms with Gasteiger partial charge >= 0.3 is 0 Å². The summed E-state index contributed by atoms with van der Waals surface area (Å²) in [5.41, 5.74) is 3.13. The average Bonchev–Trinajstić information content (AvgIpc) is 2.98. The zero-order valence-electron chi connectivity index (χ0n) is 9.85. The highest BCUT2D eigenvalue weighted by Gasteiger charge is 2.12. The van der Waals surface area contributed by atoms with Crippen molar-refractivity contribution < 1.29 is 0 Å². The van der Waals surface area contributed by atoms with Crippen molar-refractivity contribution in [1.29, 1.82) is 0 Å². The quantitative estimate of drug-likeness (QED) is 0.691. The van der Waals surface area contributed by atoms with E-state index < -0.39 is 0 Å². The summed E-state index contributed by atoms with van der Waals surface area (Å²) in [6, 6.07) is 4.10. The summed E-state index contributed by atoms with van der Waals surface area (Å²) in [5, 5.41) is 9.50. The normalized spacial score (nSPS) is 11.1. The zero-order valence-corrected chi connectivity index (χ0v) is 13.1. The van der Waals surface area contributed by atoms with Crippen LogP contribution in [0.25, 0.3) is 15.7 Å². The molecule has 0 amide bonds. The predicted octanol–water partition coefficient (Wildman–Crippen LogP) is 4.44. The van der Waals surface area contributed by atoms with Gasteiger partial charge in [-0.25, -0.2) is 9.67 Å². The molecule has 3 aromatic rings. The number of aryl methyl sites for hydroxylation is 2. The Balaban J connectivity index is 2.05. The van der Waals surface area contributed by atoms with Crippen LogP contribution >= 0.6 is 38.6 Å². The molecule has 3 heterocycles. The Labute approximate surface area is 121 Å². The number of rotatable bonds is 2. The summed E-state index contributed by atoms with van der Waals surface area (Å²) in [6.45, 7) is 4.04. The van der Waals surface area contributed by atoms with E-state index in [0.29, 0.717) is 0 Å². The van der Waals surface area contributed by atoms with Crippen LogP contribution in [-0.2, 0) is 0 Å². The van der Waals surface area contributed by atoms with Crippen molar-refractivity contribution >= 4 is 38.6 Å². The fraction of sp³-hybridized carbons (Fsp3) is 0.167. The lowest BCUT2D eigenvalue weighted by atomic mass is 10.4. The lowest BCUT2D eigenvalue weighted by Gasteiger charge is -1.97. The maximum absolute atomic E-state index is 4.66. The predicted molar refractivity (Wildman–Crippen MR) is 79.7 cm³/mol. The molecule has 0 saturated carbocycles. The molecular formula is C12H10BrN3S2. The summed E-state index contributed by atoms with van der Waals surface area (Å²) in [6.07, 6.45) is 0. The molecule has 0 bridgehead atoms. The zero-order chi connectivity index (χ0) is 12.7. The van der Waals surface area contributed by atoms with Crippen LogP contribution in [0.2, 0.25) is 0 Å². The van der Waals surface area contributed by atoms with Gasteiger partial charge in [0.15, 0.2) is 0 Å². The second kappa shape index (κ2) is 4.60. The Bertz CT molecular complexity index is 696. The summed E-state index contributed by atoms with van der Waals surface area (Å²) < 4.78 is 2.99. The first-order chi connectivity index (χ1) is 8.65. The van der Waals surface area contributed by atoms with Crippen molar-refractivity contribution in [3.63, 3.8) is 0 Å². The fourth-order valence-corrected chi connectivity index (χ4v) is 4.20. The van der Waals surface area contributed by atoms with Gasteiger partial charge in [-0.15, -0.1) is 22.7 Å².